The minimum Gasteiger partial charge on any atom is -0.475 e. The molecule has 0 unspecified atom stereocenters. The van der Waals surface area contributed by atoms with Crippen LogP contribution in [0.1, 0.15) is 28.6 Å². The highest BCUT2D eigenvalue weighted by atomic mass is 32.1. The van der Waals surface area contributed by atoms with E-state index in [1.807, 2.05) is 18.5 Å². The number of nitrogens with zero attached hydrogens (tertiary/aromatic N) is 3. The van der Waals surface area contributed by atoms with E-state index in [1.54, 1.807) is 22.7 Å². The Balaban J connectivity index is 0.000000318. The molecule has 0 radical (unpaired) electrons. The summed E-state index contributed by atoms with van der Waals surface area (Å²) in [6, 6.07) is 0.454. The summed E-state index contributed by atoms with van der Waals surface area (Å²) >= 11 is 3.39. The number of likely N-dealkylation sites (tertiary alicyclic amines) is 1. The first-order chi connectivity index (χ1) is 14.2. The number of rotatable bonds is 5. The lowest BCUT2D eigenvalue weighted by molar-refractivity contribution is -0.192. The average Bonchev–Trinajstić information content (AvgIpc) is 3.42. The molecular weight excluding hydrogens is 443 g/mol. The molecule has 0 saturated carbocycles. The Morgan fingerprint density at radius 3 is 2.80 bits per heavy atom. The minimum atomic E-state index is -5.08. The molecule has 1 N–H and O–H groups in total. The van der Waals surface area contributed by atoms with Crippen molar-refractivity contribution in [3.05, 3.63) is 32.7 Å². The maximum atomic E-state index is 10.6. The zero-order valence-electron chi connectivity index (χ0n) is 16.2. The van der Waals surface area contributed by atoms with Crippen molar-refractivity contribution in [2.45, 2.75) is 57.3 Å². The lowest BCUT2D eigenvalue weighted by Crippen LogP contribution is -2.41. The van der Waals surface area contributed by atoms with Gasteiger partial charge in [-0.3, -0.25) is 4.90 Å². The Bertz CT molecular complexity index is 816. The van der Waals surface area contributed by atoms with E-state index in [2.05, 4.69) is 20.2 Å². The van der Waals surface area contributed by atoms with Crippen LogP contribution in [0.15, 0.2) is 17.0 Å². The lowest BCUT2D eigenvalue weighted by atomic mass is 10.0. The molecule has 3 atom stereocenters. The largest absolute Gasteiger partial charge is 0.490 e. The van der Waals surface area contributed by atoms with E-state index in [0.29, 0.717) is 12.6 Å². The molecule has 166 valence electrons. The Morgan fingerprint density at radius 1 is 1.43 bits per heavy atom. The Kier molecular flexibility index (Phi) is 7.80. The topological polar surface area (TPSA) is 84.8 Å². The molecule has 7 nitrogen and oxygen atoms in total. The molecule has 2 aliphatic heterocycles. The van der Waals surface area contributed by atoms with Crippen molar-refractivity contribution < 1.29 is 32.5 Å². The van der Waals surface area contributed by atoms with Gasteiger partial charge in [0.25, 0.3) is 0 Å². The molecule has 4 rings (SSSR count). The molecule has 2 aromatic rings. The summed E-state index contributed by atoms with van der Waals surface area (Å²) in [5.41, 5.74) is 1.03. The molecule has 0 amide bonds. The smallest absolute Gasteiger partial charge is 0.475 e. The van der Waals surface area contributed by atoms with Crippen molar-refractivity contribution in [2.24, 2.45) is 0 Å². The number of ether oxygens (including phenoxy) is 2. The standard InChI is InChI=1S/C16H21N3O2S2.C2HF3O2/c1-11-18-12(10-23-11)9-21-14-7-19(8-15-17-4-6-22-15)13-3-2-5-20-16(13)14;3-2(4,5)1(6)7/h4,6,10,13-14,16H,2-3,5,7-9H2,1H3;(H,6,7)/t13-,14-,16+;/m1./s1. The third-order valence-electron chi connectivity index (χ3n) is 4.76. The number of hydrogen-bond acceptors (Lipinski definition) is 8. The highest BCUT2D eigenvalue weighted by Gasteiger charge is 2.44. The van der Waals surface area contributed by atoms with E-state index in [0.717, 1.165) is 36.8 Å². The first-order valence-corrected chi connectivity index (χ1v) is 11.1. The second kappa shape index (κ2) is 10.1. The molecule has 0 aromatic carbocycles. The highest BCUT2D eigenvalue weighted by Crippen LogP contribution is 2.32. The highest BCUT2D eigenvalue weighted by molar-refractivity contribution is 7.09. The number of fused-ring (bicyclic) bond motifs is 1. The molecule has 2 aliphatic rings. The van der Waals surface area contributed by atoms with Crippen LogP contribution in [0.4, 0.5) is 13.2 Å². The van der Waals surface area contributed by atoms with Gasteiger partial charge in [0.2, 0.25) is 0 Å². The van der Waals surface area contributed by atoms with E-state index in [1.165, 1.54) is 11.4 Å². The van der Waals surface area contributed by atoms with E-state index >= 15 is 0 Å². The summed E-state index contributed by atoms with van der Waals surface area (Å²) in [4.78, 5) is 20.3. The number of hydrogen-bond donors (Lipinski definition) is 1. The van der Waals surface area contributed by atoms with Gasteiger partial charge in [-0.2, -0.15) is 13.2 Å². The number of aliphatic carboxylic acids is 1. The summed E-state index contributed by atoms with van der Waals surface area (Å²) in [5, 5.41) is 13.5. The SMILES string of the molecule is Cc1nc(CO[C@@H]2CN(Cc3nccs3)[C@@H]3CCCO[C@@H]32)cs1.O=C(O)C(F)(F)F. The van der Waals surface area contributed by atoms with Crippen LogP contribution in [0.25, 0.3) is 0 Å². The first kappa shape index (κ1) is 23.1. The van der Waals surface area contributed by atoms with Crippen LogP contribution >= 0.6 is 22.7 Å². The third-order valence-corrected chi connectivity index (χ3v) is 6.35. The van der Waals surface area contributed by atoms with Gasteiger partial charge < -0.3 is 14.6 Å². The Labute approximate surface area is 179 Å². The van der Waals surface area contributed by atoms with E-state index in [4.69, 9.17) is 19.4 Å². The predicted octanol–water partition coefficient (Wildman–Crippen LogP) is 3.49. The van der Waals surface area contributed by atoms with Gasteiger partial charge in [0.15, 0.2) is 0 Å². The number of halogens is 3. The van der Waals surface area contributed by atoms with Crippen molar-refractivity contribution in [2.75, 3.05) is 13.2 Å². The molecule has 2 fully saturated rings. The second-order valence-electron chi connectivity index (χ2n) is 6.91. The van der Waals surface area contributed by atoms with Crippen LogP contribution in [-0.4, -0.2) is 63.5 Å². The number of alkyl halides is 3. The number of carbonyl (C=O) groups is 1. The van der Waals surface area contributed by atoms with E-state index in [9.17, 15) is 13.2 Å². The fourth-order valence-corrected chi connectivity index (χ4v) is 4.74. The Morgan fingerprint density at radius 2 is 2.20 bits per heavy atom. The van der Waals surface area contributed by atoms with Gasteiger partial charge in [0.1, 0.15) is 11.1 Å². The molecule has 2 saturated heterocycles. The molecule has 12 heteroatoms. The molecular formula is C18H22F3N3O4S2. The minimum absolute atomic E-state index is 0.127. The van der Waals surface area contributed by atoms with Crippen LogP contribution in [0.5, 0.6) is 0 Å². The van der Waals surface area contributed by atoms with Crippen LogP contribution < -0.4 is 0 Å². The van der Waals surface area contributed by atoms with Gasteiger partial charge in [0, 0.05) is 36.2 Å². The monoisotopic (exact) mass is 465 g/mol. The summed E-state index contributed by atoms with van der Waals surface area (Å²) in [6.45, 7) is 5.27. The predicted molar refractivity (Wildman–Crippen MR) is 104 cm³/mol. The number of aromatic nitrogens is 2. The lowest BCUT2D eigenvalue weighted by Gasteiger charge is -2.31. The van der Waals surface area contributed by atoms with Crippen LogP contribution in [0.3, 0.4) is 0 Å². The van der Waals surface area contributed by atoms with Gasteiger partial charge in [-0.05, 0) is 19.8 Å². The zero-order valence-corrected chi connectivity index (χ0v) is 17.8. The quantitative estimate of drug-likeness (QED) is 0.724. The zero-order chi connectivity index (χ0) is 21.7. The maximum Gasteiger partial charge on any atom is 0.490 e. The van der Waals surface area contributed by atoms with Gasteiger partial charge in [-0.1, -0.05) is 0 Å². The van der Waals surface area contributed by atoms with Crippen LogP contribution in [-0.2, 0) is 27.4 Å². The summed E-state index contributed by atoms with van der Waals surface area (Å²) in [5.74, 6) is -2.76. The number of aryl methyl sites for hydroxylation is 1. The summed E-state index contributed by atoms with van der Waals surface area (Å²) in [6.07, 6.45) is -0.575. The van der Waals surface area contributed by atoms with Crippen molar-refractivity contribution in [1.29, 1.82) is 0 Å². The van der Waals surface area contributed by atoms with Crippen LogP contribution in [0.2, 0.25) is 0 Å². The molecule has 0 spiro atoms. The van der Waals surface area contributed by atoms with E-state index in [-0.39, 0.29) is 12.2 Å². The molecule has 4 heterocycles. The second-order valence-corrected chi connectivity index (χ2v) is 8.95. The summed E-state index contributed by atoms with van der Waals surface area (Å²) in [7, 11) is 0. The normalized spacial score (nSPS) is 24.2. The fourth-order valence-electron chi connectivity index (χ4n) is 3.50. The molecule has 0 bridgehead atoms. The average molecular weight is 466 g/mol. The molecule has 30 heavy (non-hydrogen) atoms. The number of carboxylic acids is 1. The number of carboxylic acid groups (broad SMARTS) is 1. The van der Waals surface area contributed by atoms with Crippen molar-refractivity contribution in [1.82, 2.24) is 14.9 Å². The van der Waals surface area contributed by atoms with Gasteiger partial charge in [0.05, 0.1) is 30.0 Å². The third kappa shape index (κ3) is 6.20. The van der Waals surface area contributed by atoms with Crippen molar-refractivity contribution >= 4 is 28.6 Å². The van der Waals surface area contributed by atoms with E-state index < -0.39 is 12.1 Å². The molecule has 2 aromatic heterocycles. The maximum absolute atomic E-state index is 10.6. The van der Waals surface area contributed by atoms with Gasteiger partial charge in [-0.25, -0.2) is 14.8 Å². The number of thiazole rings is 2. The van der Waals surface area contributed by atoms with Crippen LogP contribution in [0, 0.1) is 6.92 Å². The van der Waals surface area contributed by atoms with Gasteiger partial charge >= 0.3 is 12.1 Å². The summed E-state index contributed by atoms with van der Waals surface area (Å²) < 4.78 is 44.0. The Hall–Kier alpha value is -1.60. The first-order valence-electron chi connectivity index (χ1n) is 9.31. The van der Waals surface area contributed by atoms with Crippen molar-refractivity contribution in [3.63, 3.8) is 0 Å². The van der Waals surface area contributed by atoms with Crippen molar-refractivity contribution in [3.8, 4) is 0 Å². The van der Waals surface area contributed by atoms with Gasteiger partial charge in [-0.15, -0.1) is 22.7 Å². The fraction of sp³-hybridized carbons (Fsp3) is 0.611. The molecule has 0 aliphatic carbocycles.